The largest absolute Gasteiger partial charge is 0.324 e. The van der Waals surface area contributed by atoms with Crippen LogP contribution in [0.4, 0.5) is 0 Å². The predicted molar refractivity (Wildman–Crippen MR) is 68.4 cm³/mol. The van der Waals surface area contributed by atoms with E-state index in [0.717, 1.165) is 12.0 Å². The molecule has 0 aliphatic heterocycles. The van der Waals surface area contributed by atoms with E-state index in [-0.39, 0.29) is 17.0 Å². The minimum atomic E-state index is -3.01. The van der Waals surface area contributed by atoms with E-state index in [2.05, 4.69) is 5.10 Å². The van der Waals surface area contributed by atoms with Crippen LogP contribution >= 0.6 is 0 Å². The highest BCUT2D eigenvalue weighted by atomic mass is 32.2. The molecule has 0 fully saturated rings. The summed E-state index contributed by atoms with van der Waals surface area (Å²) in [6.45, 7) is 5.77. The van der Waals surface area contributed by atoms with Crippen molar-refractivity contribution in [2.24, 2.45) is 5.73 Å². The van der Waals surface area contributed by atoms with Gasteiger partial charge in [0.1, 0.15) is 0 Å². The first-order valence-electron chi connectivity index (χ1n) is 5.86. The summed E-state index contributed by atoms with van der Waals surface area (Å²) in [5.74, 6) is 0.118. The van der Waals surface area contributed by atoms with Crippen molar-refractivity contribution in [2.75, 3.05) is 5.75 Å². The summed E-state index contributed by atoms with van der Waals surface area (Å²) in [6, 6.07) is -0.0227. The zero-order chi connectivity index (χ0) is 13.1. The number of hydrogen-bond acceptors (Lipinski definition) is 4. The summed E-state index contributed by atoms with van der Waals surface area (Å²) in [6.07, 6.45) is 4.37. The number of rotatable bonds is 6. The summed E-state index contributed by atoms with van der Waals surface area (Å²) < 4.78 is 24.9. The zero-order valence-electron chi connectivity index (χ0n) is 10.6. The van der Waals surface area contributed by atoms with Crippen LogP contribution in [0.5, 0.6) is 0 Å². The van der Waals surface area contributed by atoms with Crippen LogP contribution in [-0.2, 0) is 16.4 Å². The van der Waals surface area contributed by atoms with Crippen molar-refractivity contribution in [3.8, 4) is 0 Å². The van der Waals surface area contributed by atoms with Crippen molar-refractivity contribution in [2.45, 2.75) is 45.0 Å². The monoisotopic (exact) mass is 259 g/mol. The van der Waals surface area contributed by atoms with Gasteiger partial charge >= 0.3 is 0 Å². The Hall–Kier alpha value is -0.880. The molecule has 0 aromatic carbocycles. The second-order valence-corrected chi connectivity index (χ2v) is 7.14. The lowest BCUT2D eigenvalue weighted by molar-refractivity contribution is 0.572. The number of nitrogens with zero attached hydrogens (tertiary/aromatic N) is 2. The van der Waals surface area contributed by atoms with E-state index < -0.39 is 9.84 Å². The molecule has 0 radical (unpaired) electrons. The van der Waals surface area contributed by atoms with Crippen LogP contribution in [0.2, 0.25) is 0 Å². The molecule has 0 saturated carbocycles. The minimum absolute atomic E-state index is 0.0227. The first-order valence-corrected chi connectivity index (χ1v) is 7.58. The van der Waals surface area contributed by atoms with Crippen LogP contribution in [0.3, 0.4) is 0 Å². The molecule has 0 amide bonds. The van der Waals surface area contributed by atoms with Gasteiger partial charge in [-0.3, -0.25) is 4.68 Å². The van der Waals surface area contributed by atoms with Crippen molar-refractivity contribution < 1.29 is 8.42 Å². The number of aromatic nitrogens is 2. The summed E-state index contributed by atoms with van der Waals surface area (Å²) in [7, 11) is -3.01. The van der Waals surface area contributed by atoms with E-state index in [1.165, 1.54) is 0 Å². The van der Waals surface area contributed by atoms with Crippen LogP contribution < -0.4 is 5.73 Å². The smallest absolute Gasteiger partial charge is 0.154 e. The van der Waals surface area contributed by atoms with E-state index in [1.54, 1.807) is 24.7 Å². The summed E-state index contributed by atoms with van der Waals surface area (Å²) in [4.78, 5) is 0. The van der Waals surface area contributed by atoms with Crippen molar-refractivity contribution in [3.05, 3.63) is 18.0 Å². The Morgan fingerprint density at radius 1 is 1.47 bits per heavy atom. The molecule has 1 atom stereocenters. The first-order chi connectivity index (χ1) is 7.86. The number of sulfone groups is 1. The third-order valence-electron chi connectivity index (χ3n) is 2.84. The summed E-state index contributed by atoms with van der Waals surface area (Å²) in [5.41, 5.74) is 6.82. The fraction of sp³-hybridized carbons (Fsp3) is 0.727. The van der Waals surface area contributed by atoms with E-state index in [4.69, 9.17) is 5.73 Å². The van der Waals surface area contributed by atoms with Crippen molar-refractivity contribution >= 4 is 9.84 Å². The van der Waals surface area contributed by atoms with Gasteiger partial charge in [-0.1, -0.05) is 6.92 Å². The Morgan fingerprint density at radius 2 is 2.12 bits per heavy atom. The Bertz CT molecular complexity index is 451. The highest BCUT2D eigenvalue weighted by molar-refractivity contribution is 7.91. The highest BCUT2D eigenvalue weighted by Gasteiger charge is 2.16. The molecule has 0 bridgehead atoms. The van der Waals surface area contributed by atoms with Gasteiger partial charge in [-0.15, -0.1) is 0 Å². The molecule has 0 spiro atoms. The Kier molecular flexibility index (Phi) is 4.70. The lowest BCUT2D eigenvalue weighted by atomic mass is 10.1. The van der Waals surface area contributed by atoms with Gasteiger partial charge in [0.15, 0.2) is 9.84 Å². The standard InChI is InChI=1S/C11H21N3O2S/c1-4-11(12)10-7-13-14(8-10)5-6-17(15,16)9(2)3/h7-9,11H,4-6,12H2,1-3H3. The second kappa shape index (κ2) is 5.64. The van der Waals surface area contributed by atoms with Crippen molar-refractivity contribution in [1.82, 2.24) is 9.78 Å². The maximum absolute atomic E-state index is 11.6. The molecule has 0 saturated heterocycles. The summed E-state index contributed by atoms with van der Waals surface area (Å²) in [5, 5.41) is 3.78. The Labute approximate surface area is 103 Å². The lowest BCUT2D eigenvalue weighted by Gasteiger charge is -2.07. The Balaban J connectivity index is 2.62. The van der Waals surface area contributed by atoms with E-state index in [9.17, 15) is 8.42 Å². The fourth-order valence-electron chi connectivity index (χ4n) is 1.39. The van der Waals surface area contributed by atoms with Gasteiger partial charge in [-0.2, -0.15) is 5.10 Å². The maximum atomic E-state index is 11.6. The third kappa shape index (κ3) is 3.81. The Morgan fingerprint density at radius 3 is 2.65 bits per heavy atom. The topological polar surface area (TPSA) is 78.0 Å². The molecule has 5 nitrogen and oxygen atoms in total. The van der Waals surface area contributed by atoms with Gasteiger partial charge in [-0.05, 0) is 20.3 Å². The van der Waals surface area contributed by atoms with Gasteiger partial charge in [-0.25, -0.2) is 8.42 Å². The van der Waals surface area contributed by atoms with E-state index in [0.29, 0.717) is 6.54 Å². The molecule has 1 aromatic rings. The van der Waals surface area contributed by atoms with E-state index in [1.807, 2.05) is 13.1 Å². The average Bonchev–Trinajstić information content (AvgIpc) is 2.74. The summed E-state index contributed by atoms with van der Waals surface area (Å²) >= 11 is 0. The molecule has 0 aliphatic carbocycles. The maximum Gasteiger partial charge on any atom is 0.154 e. The van der Waals surface area contributed by atoms with Gasteiger partial charge in [0.2, 0.25) is 0 Å². The third-order valence-corrected chi connectivity index (χ3v) is 5.03. The number of nitrogens with two attached hydrogens (primary N) is 1. The highest BCUT2D eigenvalue weighted by Crippen LogP contribution is 2.12. The quantitative estimate of drug-likeness (QED) is 0.830. The van der Waals surface area contributed by atoms with Crippen LogP contribution in [0.15, 0.2) is 12.4 Å². The number of hydrogen-bond donors (Lipinski definition) is 1. The normalized spacial score (nSPS) is 14.2. The molecule has 6 heteroatoms. The fourth-order valence-corrected chi connectivity index (χ4v) is 2.30. The molecule has 98 valence electrons. The molecule has 1 rings (SSSR count). The molecule has 0 aliphatic rings. The molecule has 1 heterocycles. The number of aryl methyl sites for hydroxylation is 1. The van der Waals surface area contributed by atoms with Crippen LogP contribution in [0, 0.1) is 0 Å². The molecular formula is C11H21N3O2S. The van der Waals surface area contributed by atoms with Crippen LogP contribution in [0.1, 0.15) is 38.8 Å². The van der Waals surface area contributed by atoms with Gasteiger partial charge in [0, 0.05) is 17.8 Å². The van der Waals surface area contributed by atoms with Crippen molar-refractivity contribution in [1.29, 1.82) is 0 Å². The van der Waals surface area contributed by atoms with Crippen molar-refractivity contribution in [3.63, 3.8) is 0 Å². The molecule has 17 heavy (non-hydrogen) atoms. The SMILES string of the molecule is CCC(N)c1cnn(CCS(=O)(=O)C(C)C)c1. The van der Waals surface area contributed by atoms with Crippen LogP contribution in [-0.4, -0.2) is 29.2 Å². The first kappa shape index (κ1) is 14.2. The lowest BCUT2D eigenvalue weighted by Crippen LogP contribution is -2.21. The second-order valence-electron chi connectivity index (χ2n) is 4.47. The molecule has 2 N–H and O–H groups in total. The van der Waals surface area contributed by atoms with Gasteiger partial charge in [0.05, 0.1) is 23.7 Å². The molecule has 1 unspecified atom stereocenters. The molecular weight excluding hydrogens is 238 g/mol. The van der Waals surface area contributed by atoms with Gasteiger partial charge < -0.3 is 5.73 Å². The predicted octanol–water partition coefficient (Wildman–Crippen LogP) is 1.12. The molecule has 1 aromatic heterocycles. The van der Waals surface area contributed by atoms with E-state index >= 15 is 0 Å². The average molecular weight is 259 g/mol. The van der Waals surface area contributed by atoms with Gasteiger partial charge in [0.25, 0.3) is 0 Å². The minimum Gasteiger partial charge on any atom is -0.324 e. The zero-order valence-corrected chi connectivity index (χ0v) is 11.4. The van der Waals surface area contributed by atoms with Crippen LogP contribution in [0.25, 0.3) is 0 Å².